The molecule has 0 amide bonds. The first-order valence-corrected chi connectivity index (χ1v) is 7.30. The van der Waals surface area contributed by atoms with E-state index in [0.717, 1.165) is 0 Å². The van der Waals surface area contributed by atoms with Crippen molar-refractivity contribution in [3.63, 3.8) is 0 Å². The van der Waals surface area contributed by atoms with E-state index in [0.29, 0.717) is 25.4 Å². The molecule has 0 fully saturated rings. The molecule has 1 rings (SSSR count). The van der Waals surface area contributed by atoms with E-state index in [-0.39, 0.29) is 17.3 Å². The van der Waals surface area contributed by atoms with Crippen LogP contribution in [0, 0.1) is 0 Å². The molecule has 0 radical (unpaired) electrons. The number of hydrogen-bond donors (Lipinski definition) is 1. The molecule has 0 aliphatic carbocycles. The number of sulfonamides is 1. The lowest BCUT2D eigenvalue weighted by atomic mass is 10.3. The van der Waals surface area contributed by atoms with E-state index in [4.69, 9.17) is 4.74 Å². The Morgan fingerprint density at radius 2 is 1.84 bits per heavy atom. The molecule has 0 aromatic heterocycles. The van der Waals surface area contributed by atoms with Gasteiger partial charge in [0.05, 0.1) is 11.5 Å². The van der Waals surface area contributed by atoms with Gasteiger partial charge in [0.25, 0.3) is 0 Å². The van der Waals surface area contributed by atoms with Crippen LogP contribution in [0.25, 0.3) is 0 Å². The lowest BCUT2D eigenvalue weighted by Crippen LogP contribution is -2.32. The van der Waals surface area contributed by atoms with Crippen LogP contribution in [0.2, 0.25) is 0 Å². The highest BCUT2D eigenvalue weighted by Gasteiger charge is 2.19. The predicted octanol–water partition coefficient (Wildman–Crippen LogP) is 1.35. The third-order valence-corrected chi connectivity index (χ3v) is 4.39. The average Bonchev–Trinajstić information content (AvgIpc) is 2.37. The summed E-state index contributed by atoms with van der Waals surface area (Å²) in [6.07, 6.45) is 0. The summed E-state index contributed by atoms with van der Waals surface area (Å²) in [5.41, 5.74) is 0. The molecule has 0 heterocycles. The summed E-state index contributed by atoms with van der Waals surface area (Å²) < 4.78 is 30.9. The molecule has 0 bridgehead atoms. The van der Waals surface area contributed by atoms with Crippen LogP contribution in [-0.2, 0) is 10.0 Å². The normalized spacial score (nSPS) is 11.2. The van der Waals surface area contributed by atoms with Gasteiger partial charge in [-0.25, -0.2) is 8.42 Å². The lowest BCUT2D eigenvalue weighted by molar-refractivity contribution is 0.340. The van der Waals surface area contributed by atoms with Gasteiger partial charge in [-0.3, -0.25) is 0 Å². The third-order valence-electron chi connectivity index (χ3n) is 2.52. The predicted molar refractivity (Wildman–Crippen MR) is 78.6 cm³/mol. The van der Waals surface area contributed by atoms with Crippen molar-refractivity contribution >= 4 is 22.4 Å². The Balaban J connectivity index is 0.00000324. The summed E-state index contributed by atoms with van der Waals surface area (Å²) in [6.45, 7) is 3.50. The van der Waals surface area contributed by atoms with Crippen LogP contribution in [-0.4, -0.2) is 46.5 Å². The Morgan fingerprint density at radius 1 is 1.26 bits per heavy atom. The van der Waals surface area contributed by atoms with Gasteiger partial charge in [-0.15, -0.1) is 12.4 Å². The molecule has 7 heteroatoms. The fraction of sp³-hybridized carbons (Fsp3) is 0.500. The van der Waals surface area contributed by atoms with Crippen LogP contribution in [0.3, 0.4) is 0 Å². The first-order valence-electron chi connectivity index (χ1n) is 5.86. The van der Waals surface area contributed by atoms with Crippen molar-refractivity contribution in [3.8, 4) is 5.75 Å². The minimum Gasteiger partial charge on any atom is -0.494 e. The number of nitrogens with one attached hydrogen (secondary N) is 1. The van der Waals surface area contributed by atoms with Crippen molar-refractivity contribution in [2.45, 2.75) is 11.8 Å². The number of halogens is 1. The highest BCUT2D eigenvalue weighted by atomic mass is 35.5. The van der Waals surface area contributed by atoms with E-state index in [1.165, 1.54) is 4.31 Å². The fourth-order valence-electron chi connectivity index (χ4n) is 1.44. The van der Waals surface area contributed by atoms with Crippen molar-refractivity contribution in [2.75, 3.05) is 33.8 Å². The first-order chi connectivity index (χ1) is 8.52. The maximum absolute atomic E-state index is 12.2. The van der Waals surface area contributed by atoms with E-state index in [2.05, 4.69) is 5.32 Å². The molecule has 110 valence electrons. The fourth-order valence-corrected chi connectivity index (χ4v) is 2.62. The summed E-state index contributed by atoms with van der Waals surface area (Å²) in [6, 6.07) is 6.47. The molecule has 0 atom stereocenters. The molecule has 0 unspecified atom stereocenters. The van der Waals surface area contributed by atoms with Gasteiger partial charge < -0.3 is 10.1 Å². The molecular formula is C12H21ClN2O3S. The van der Waals surface area contributed by atoms with Gasteiger partial charge in [-0.2, -0.15) is 4.31 Å². The number of hydrogen-bond acceptors (Lipinski definition) is 4. The van der Waals surface area contributed by atoms with E-state index < -0.39 is 10.0 Å². The lowest BCUT2D eigenvalue weighted by Gasteiger charge is -2.17. The van der Waals surface area contributed by atoms with E-state index >= 15 is 0 Å². The highest BCUT2D eigenvalue weighted by molar-refractivity contribution is 7.89. The van der Waals surface area contributed by atoms with Crippen molar-refractivity contribution in [1.29, 1.82) is 0 Å². The zero-order valence-electron chi connectivity index (χ0n) is 11.4. The van der Waals surface area contributed by atoms with E-state index in [9.17, 15) is 8.42 Å². The topological polar surface area (TPSA) is 58.6 Å². The molecule has 5 nitrogen and oxygen atoms in total. The second kappa shape index (κ2) is 8.37. The maximum atomic E-state index is 12.2. The van der Waals surface area contributed by atoms with Gasteiger partial charge in [-0.1, -0.05) is 0 Å². The summed E-state index contributed by atoms with van der Waals surface area (Å²) in [5.74, 6) is 0.675. The Morgan fingerprint density at radius 3 is 2.32 bits per heavy atom. The Bertz CT molecular complexity index is 462. The Labute approximate surface area is 121 Å². The number of benzene rings is 1. The van der Waals surface area contributed by atoms with Gasteiger partial charge >= 0.3 is 0 Å². The molecule has 19 heavy (non-hydrogen) atoms. The van der Waals surface area contributed by atoms with Gasteiger partial charge in [0, 0.05) is 20.1 Å². The minimum absolute atomic E-state index is 0. The molecule has 0 aliphatic rings. The third kappa shape index (κ3) is 4.99. The summed E-state index contributed by atoms with van der Waals surface area (Å²) in [7, 11) is -0.0436. The van der Waals surface area contributed by atoms with Gasteiger partial charge in [-0.05, 0) is 38.2 Å². The van der Waals surface area contributed by atoms with Crippen molar-refractivity contribution < 1.29 is 13.2 Å². The molecule has 0 aliphatic heterocycles. The standard InChI is InChI=1S/C12H20N2O3S.ClH/c1-4-17-11-5-7-12(8-6-11)18(15,16)14(3)10-9-13-2;/h5-8,13H,4,9-10H2,1-3H3;1H. The van der Waals surface area contributed by atoms with Crippen LogP contribution in [0.15, 0.2) is 29.2 Å². The molecule has 1 N–H and O–H groups in total. The highest BCUT2D eigenvalue weighted by Crippen LogP contribution is 2.18. The quantitative estimate of drug-likeness (QED) is 0.826. The number of ether oxygens (including phenoxy) is 1. The van der Waals surface area contributed by atoms with Crippen LogP contribution < -0.4 is 10.1 Å². The smallest absolute Gasteiger partial charge is 0.242 e. The zero-order chi connectivity index (χ0) is 13.6. The monoisotopic (exact) mass is 308 g/mol. The second-order valence-corrected chi connectivity index (χ2v) is 5.88. The van der Waals surface area contributed by atoms with Gasteiger partial charge in [0.2, 0.25) is 10.0 Å². The maximum Gasteiger partial charge on any atom is 0.242 e. The molecule has 0 saturated heterocycles. The summed E-state index contributed by atoms with van der Waals surface area (Å²) in [5, 5.41) is 2.92. The van der Waals surface area contributed by atoms with Crippen molar-refractivity contribution in [3.05, 3.63) is 24.3 Å². The number of likely N-dealkylation sites (N-methyl/N-ethyl adjacent to an activating group) is 2. The first kappa shape index (κ1) is 18.2. The SMILES string of the molecule is CCOc1ccc(S(=O)(=O)N(C)CCNC)cc1.Cl. The van der Waals surface area contributed by atoms with E-state index in [1.807, 2.05) is 6.92 Å². The van der Waals surface area contributed by atoms with Crippen LogP contribution in [0.1, 0.15) is 6.92 Å². The zero-order valence-corrected chi connectivity index (χ0v) is 13.1. The summed E-state index contributed by atoms with van der Waals surface area (Å²) >= 11 is 0. The Kier molecular flexibility index (Phi) is 8.01. The van der Waals surface area contributed by atoms with Crippen molar-refractivity contribution in [2.24, 2.45) is 0 Å². The molecule has 1 aromatic rings. The number of rotatable bonds is 7. The van der Waals surface area contributed by atoms with Gasteiger partial charge in [0.1, 0.15) is 5.75 Å². The molecule has 0 saturated carbocycles. The van der Waals surface area contributed by atoms with Crippen LogP contribution in [0.4, 0.5) is 0 Å². The molecular weight excluding hydrogens is 288 g/mol. The Hall–Kier alpha value is -0.820. The molecule has 0 spiro atoms. The largest absolute Gasteiger partial charge is 0.494 e. The summed E-state index contributed by atoms with van der Waals surface area (Å²) in [4.78, 5) is 0.282. The number of nitrogens with zero attached hydrogens (tertiary/aromatic N) is 1. The van der Waals surface area contributed by atoms with Crippen LogP contribution in [0.5, 0.6) is 5.75 Å². The van der Waals surface area contributed by atoms with Crippen LogP contribution >= 0.6 is 12.4 Å². The van der Waals surface area contributed by atoms with E-state index in [1.54, 1.807) is 38.4 Å². The molecule has 1 aromatic carbocycles. The van der Waals surface area contributed by atoms with Gasteiger partial charge in [0.15, 0.2) is 0 Å². The minimum atomic E-state index is -3.41. The average molecular weight is 309 g/mol. The van der Waals surface area contributed by atoms with Crippen molar-refractivity contribution in [1.82, 2.24) is 9.62 Å². The second-order valence-electron chi connectivity index (χ2n) is 3.83.